The number of carbonyl (C=O) groups is 5. The number of hydrogen-bond donors (Lipinski definition) is 4. The Labute approximate surface area is 311 Å². The zero-order valence-electron chi connectivity index (χ0n) is 30.6. The van der Waals surface area contributed by atoms with Crippen molar-refractivity contribution < 1.29 is 42.3 Å². The van der Waals surface area contributed by atoms with Gasteiger partial charge in [0, 0.05) is 25.1 Å². The summed E-state index contributed by atoms with van der Waals surface area (Å²) in [5, 5.41) is 11.5. The Bertz CT molecular complexity index is 2010. The van der Waals surface area contributed by atoms with Crippen molar-refractivity contribution in [2.75, 3.05) is 20.8 Å². The Morgan fingerprint density at radius 2 is 1.63 bits per heavy atom. The van der Waals surface area contributed by atoms with Crippen molar-refractivity contribution in [3.8, 4) is 11.5 Å². The molecular formula is C38H43N7O9. The van der Waals surface area contributed by atoms with Gasteiger partial charge in [0.2, 0.25) is 23.6 Å². The van der Waals surface area contributed by atoms with Gasteiger partial charge in [-0.1, -0.05) is 44.2 Å². The molecule has 2 aliphatic rings. The van der Waals surface area contributed by atoms with Gasteiger partial charge in [0.25, 0.3) is 17.7 Å². The standard InChI is InChI=1S/C38H43N7O9/c1-20(2)13-26-33(47)39-21(3)36-44-29(19-53-36)38(50)45-17-23(40-32(46)25-12-11-24(51-4)16-31(25)52-5)15-30(45)35(49)42-27(14-22-9-7-6-8-10-22)37-43-28(18-54-37)34(48)41-26/h6-12,16,18-21,23,26-27,30H,13-15,17H2,1-5H3,(H,39,47)(H,40,46)(H,41,48)(H,42,49)/t21-,23+,26-,27+,30+/m1/s1. The zero-order chi connectivity index (χ0) is 38.5. The highest BCUT2D eigenvalue weighted by Gasteiger charge is 2.43. The highest BCUT2D eigenvalue weighted by Crippen LogP contribution is 2.28. The maximum Gasteiger partial charge on any atom is 0.276 e. The van der Waals surface area contributed by atoms with Crippen LogP contribution in [-0.2, 0) is 16.0 Å². The molecule has 16 nitrogen and oxygen atoms in total. The third kappa shape index (κ3) is 8.37. The van der Waals surface area contributed by atoms with Gasteiger partial charge in [-0.2, -0.15) is 0 Å². The molecule has 284 valence electrons. The second-order valence-corrected chi connectivity index (χ2v) is 13.7. The quantitative estimate of drug-likeness (QED) is 0.206. The van der Waals surface area contributed by atoms with E-state index in [0.717, 1.165) is 11.8 Å². The number of ether oxygens (including phenoxy) is 2. The Balaban J connectivity index is 1.35. The first-order valence-electron chi connectivity index (χ1n) is 17.6. The number of carbonyl (C=O) groups excluding carboxylic acids is 5. The Morgan fingerprint density at radius 1 is 0.907 bits per heavy atom. The fraction of sp³-hybridized carbons (Fsp3) is 0.395. The molecule has 6 rings (SSSR count). The lowest BCUT2D eigenvalue weighted by Crippen LogP contribution is -2.48. The lowest BCUT2D eigenvalue weighted by molar-refractivity contribution is -0.126. The lowest BCUT2D eigenvalue weighted by Gasteiger charge is -2.25. The molecule has 4 aromatic rings. The number of hydrogen-bond acceptors (Lipinski definition) is 11. The number of oxazole rings is 2. The lowest BCUT2D eigenvalue weighted by atomic mass is 10.0. The summed E-state index contributed by atoms with van der Waals surface area (Å²) in [4.78, 5) is 79.0. The molecule has 4 N–H and O–H groups in total. The highest BCUT2D eigenvalue weighted by atomic mass is 16.5. The Kier molecular flexibility index (Phi) is 11.3. The van der Waals surface area contributed by atoms with Crippen molar-refractivity contribution in [1.29, 1.82) is 0 Å². The third-order valence-corrected chi connectivity index (χ3v) is 9.30. The van der Waals surface area contributed by atoms with E-state index in [1.807, 2.05) is 44.2 Å². The molecule has 0 aliphatic carbocycles. The number of amides is 5. The maximum atomic E-state index is 14.3. The fourth-order valence-corrected chi connectivity index (χ4v) is 6.58. The van der Waals surface area contributed by atoms with Crippen LogP contribution in [0.25, 0.3) is 0 Å². The molecule has 1 fully saturated rings. The fourth-order valence-electron chi connectivity index (χ4n) is 6.58. The van der Waals surface area contributed by atoms with Crippen molar-refractivity contribution in [2.45, 2.75) is 70.2 Å². The van der Waals surface area contributed by atoms with Crippen molar-refractivity contribution in [3.05, 3.63) is 95.4 Å². The predicted octanol–water partition coefficient (Wildman–Crippen LogP) is 3.13. The van der Waals surface area contributed by atoms with E-state index in [9.17, 15) is 24.0 Å². The second kappa shape index (κ2) is 16.2. The van der Waals surface area contributed by atoms with Crippen LogP contribution < -0.4 is 30.7 Å². The molecule has 54 heavy (non-hydrogen) atoms. The van der Waals surface area contributed by atoms with Gasteiger partial charge in [-0.25, -0.2) is 9.97 Å². The van der Waals surface area contributed by atoms with E-state index < -0.39 is 59.7 Å². The van der Waals surface area contributed by atoms with Gasteiger partial charge < -0.3 is 44.5 Å². The number of nitrogens with one attached hydrogen (secondary N) is 4. The zero-order valence-corrected chi connectivity index (χ0v) is 30.6. The van der Waals surface area contributed by atoms with E-state index in [-0.39, 0.29) is 59.8 Å². The number of benzene rings is 2. The SMILES string of the molecule is COc1ccc(C(=O)N[C@H]2C[C@H]3C(=O)N[C@@H](Cc4ccccc4)c4nc(co4)C(=O)N[C@H](CC(C)C)C(=O)N[C@H](C)c4nc(co4)C(=O)N3C2)c(OC)c1. The van der Waals surface area contributed by atoms with E-state index in [1.165, 1.54) is 25.4 Å². The van der Waals surface area contributed by atoms with Crippen LogP contribution in [0.1, 0.15) is 94.4 Å². The van der Waals surface area contributed by atoms with Crippen LogP contribution in [-0.4, -0.2) is 83.3 Å². The minimum Gasteiger partial charge on any atom is -0.497 e. The van der Waals surface area contributed by atoms with Crippen LogP contribution in [0.4, 0.5) is 0 Å². The minimum absolute atomic E-state index is 0.0405. The first kappa shape index (κ1) is 37.6. The van der Waals surface area contributed by atoms with E-state index in [4.69, 9.17) is 18.3 Å². The summed E-state index contributed by atoms with van der Waals surface area (Å²) in [5.74, 6) is -1.85. The molecular weight excluding hydrogens is 698 g/mol. The van der Waals surface area contributed by atoms with Crippen molar-refractivity contribution in [2.24, 2.45) is 5.92 Å². The van der Waals surface area contributed by atoms with Gasteiger partial charge in [-0.15, -0.1) is 0 Å². The average Bonchev–Trinajstić information content (AvgIpc) is 3.94. The molecule has 2 aromatic heterocycles. The molecule has 5 amide bonds. The smallest absolute Gasteiger partial charge is 0.276 e. The maximum absolute atomic E-state index is 14.3. The Morgan fingerprint density at radius 3 is 2.35 bits per heavy atom. The second-order valence-electron chi connectivity index (χ2n) is 13.7. The largest absolute Gasteiger partial charge is 0.497 e. The molecule has 0 saturated carbocycles. The van der Waals surface area contributed by atoms with Crippen molar-refractivity contribution >= 4 is 29.5 Å². The first-order chi connectivity index (χ1) is 25.9. The Hall–Kier alpha value is -6.19. The molecule has 1 saturated heterocycles. The van der Waals surface area contributed by atoms with E-state index in [2.05, 4.69) is 31.2 Å². The molecule has 0 spiro atoms. The monoisotopic (exact) mass is 741 g/mol. The summed E-state index contributed by atoms with van der Waals surface area (Å²) < 4.78 is 22.1. The number of fused-ring (bicyclic) bond motifs is 5. The van der Waals surface area contributed by atoms with Crippen LogP contribution >= 0.6 is 0 Å². The van der Waals surface area contributed by atoms with Gasteiger partial charge >= 0.3 is 0 Å². The summed E-state index contributed by atoms with van der Waals surface area (Å²) in [5.41, 5.74) is 0.893. The van der Waals surface area contributed by atoms with Crippen LogP contribution in [0.5, 0.6) is 11.5 Å². The summed E-state index contributed by atoms with van der Waals surface area (Å²) in [6.07, 6.45) is 2.94. The molecule has 2 aromatic carbocycles. The normalized spacial score (nSPS) is 22.0. The molecule has 5 atom stereocenters. The molecule has 16 heteroatoms. The molecule has 0 unspecified atom stereocenters. The molecule has 4 heterocycles. The summed E-state index contributed by atoms with van der Waals surface area (Å²) in [7, 11) is 2.93. The van der Waals surface area contributed by atoms with E-state index in [1.54, 1.807) is 25.1 Å². The topological polar surface area (TPSA) is 207 Å². The number of methoxy groups -OCH3 is 2. The van der Waals surface area contributed by atoms with Gasteiger partial charge in [0.15, 0.2) is 11.4 Å². The van der Waals surface area contributed by atoms with Crippen LogP contribution in [0.2, 0.25) is 0 Å². The van der Waals surface area contributed by atoms with Crippen molar-refractivity contribution in [1.82, 2.24) is 36.1 Å². The highest BCUT2D eigenvalue weighted by molar-refractivity contribution is 5.99. The summed E-state index contributed by atoms with van der Waals surface area (Å²) in [6, 6.07) is 9.73. The summed E-state index contributed by atoms with van der Waals surface area (Å²) in [6.45, 7) is 5.43. The molecule has 0 radical (unpaired) electrons. The number of rotatable bonds is 8. The third-order valence-electron chi connectivity index (χ3n) is 9.30. The van der Waals surface area contributed by atoms with Crippen LogP contribution in [0.3, 0.4) is 0 Å². The van der Waals surface area contributed by atoms with Gasteiger partial charge in [0.05, 0.1) is 19.8 Å². The average molecular weight is 742 g/mol. The van der Waals surface area contributed by atoms with Gasteiger partial charge in [-0.3, -0.25) is 24.0 Å². The van der Waals surface area contributed by atoms with Crippen LogP contribution in [0.15, 0.2) is 69.9 Å². The van der Waals surface area contributed by atoms with Crippen molar-refractivity contribution in [3.63, 3.8) is 0 Å². The van der Waals surface area contributed by atoms with E-state index >= 15 is 0 Å². The van der Waals surface area contributed by atoms with E-state index in [0.29, 0.717) is 12.2 Å². The van der Waals surface area contributed by atoms with Gasteiger partial charge in [0.1, 0.15) is 48.2 Å². The summed E-state index contributed by atoms with van der Waals surface area (Å²) >= 11 is 0. The number of nitrogens with zero attached hydrogens (tertiary/aromatic N) is 3. The minimum atomic E-state index is -1.08. The number of aromatic nitrogens is 2. The molecule has 2 aliphatic heterocycles. The van der Waals surface area contributed by atoms with Gasteiger partial charge in [-0.05, 0) is 43.4 Å². The van der Waals surface area contributed by atoms with Crippen LogP contribution in [0, 0.1) is 5.92 Å². The predicted molar refractivity (Wildman–Crippen MR) is 192 cm³/mol. The first-order valence-corrected chi connectivity index (χ1v) is 17.6. The molecule has 4 bridgehead atoms.